The number of hydrogen-bond donors (Lipinski definition) is 0. The maximum absolute atomic E-state index is 15.5. The third-order valence-electron chi connectivity index (χ3n) is 9.41. The van der Waals surface area contributed by atoms with Crippen LogP contribution in [0.4, 0.5) is 4.79 Å². The van der Waals surface area contributed by atoms with Crippen LogP contribution in [0.2, 0.25) is 0 Å². The summed E-state index contributed by atoms with van der Waals surface area (Å²) in [4.78, 5) is 14.8. The van der Waals surface area contributed by atoms with Gasteiger partial charge < -0.3 is 23.8 Å². The molecular formula is C40H45IN6O9S2. The van der Waals surface area contributed by atoms with Crippen molar-refractivity contribution in [2.45, 2.75) is 67.5 Å². The molecule has 0 spiro atoms. The van der Waals surface area contributed by atoms with Crippen LogP contribution in [0.1, 0.15) is 43.9 Å². The third-order valence-corrected chi connectivity index (χ3v) is 14.5. The highest BCUT2D eigenvalue weighted by atomic mass is 127. The molecule has 1 aliphatic heterocycles. The summed E-state index contributed by atoms with van der Waals surface area (Å²) < 4.78 is 83.9. The Balaban J connectivity index is 1.50. The van der Waals surface area contributed by atoms with E-state index in [1.165, 1.54) is 40.4 Å². The first kappa shape index (κ1) is 42.8. The molecule has 0 bridgehead atoms. The first-order chi connectivity index (χ1) is 27.5. The number of sulfonamides is 1. The Bertz CT molecular complexity index is 2410. The van der Waals surface area contributed by atoms with Gasteiger partial charge in [-0.1, -0.05) is 36.4 Å². The fourth-order valence-corrected chi connectivity index (χ4v) is 11.4. The quantitative estimate of drug-likeness (QED) is 0.116. The number of halogens is 1. The number of methoxy groups -OCH3 is 3. The van der Waals surface area contributed by atoms with Gasteiger partial charge in [0.25, 0.3) is 0 Å². The van der Waals surface area contributed by atoms with Crippen molar-refractivity contribution in [3.8, 4) is 28.6 Å². The number of carbonyl (C=O) groups excluding carboxylic acids is 1. The number of sulfone groups is 1. The number of aromatic nitrogens is 4. The molecule has 0 radical (unpaired) electrons. The fraction of sp³-hybridized carbons (Fsp3) is 0.350. The maximum atomic E-state index is 15.5. The van der Waals surface area contributed by atoms with Crippen LogP contribution in [0.25, 0.3) is 11.4 Å². The molecule has 1 aliphatic rings. The van der Waals surface area contributed by atoms with E-state index in [0.717, 1.165) is 5.56 Å². The molecule has 0 aliphatic carbocycles. The van der Waals surface area contributed by atoms with E-state index in [1.54, 1.807) is 88.5 Å². The molecule has 1 atom stereocenters. The molecule has 15 nitrogen and oxygen atoms in total. The number of ether oxygens (including phenoxy) is 4. The predicted octanol–water partition coefficient (Wildman–Crippen LogP) is 6.19. The zero-order valence-electron chi connectivity index (χ0n) is 33.0. The summed E-state index contributed by atoms with van der Waals surface area (Å²) in [5, 5.41) is 12.0. The van der Waals surface area contributed by atoms with E-state index in [1.807, 2.05) is 34.7 Å². The number of likely N-dealkylation sites (tertiary alicyclic amines) is 1. The lowest BCUT2D eigenvalue weighted by Gasteiger charge is -2.26. The summed E-state index contributed by atoms with van der Waals surface area (Å²) >= 11 is 1.97. The normalized spacial score (nSPS) is 14.8. The minimum atomic E-state index is -4.73. The lowest BCUT2D eigenvalue weighted by Crippen LogP contribution is -2.37. The second-order valence-electron chi connectivity index (χ2n) is 14.6. The number of amides is 1. The Kier molecular flexibility index (Phi) is 13.0. The molecule has 2 heterocycles. The molecule has 308 valence electrons. The second-order valence-corrected chi connectivity index (χ2v) is 19.8. The Morgan fingerprint density at radius 3 is 1.81 bits per heavy atom. The first-order valence-electron chi connectivity index (χ1n) is 18.2. The number of tetrazole rings is 1. The molecule has 1 fully saturated rings. The zero-order chi connectivity index (χ0) is 41.8. The van der Waals surface area contributed by atoms with Crippen molar-refractivity contribution in [2.75, 3.05) is 34.4 Å². The van der Waals surface area contributed by atoms with Crippen LogP contribution in [0, 0.1) is 3.57 Å². The Labute approximate surface area is 352 Å². The van der Waals surface area contributed by atoms with Crippen molar-refractivity contribution in [3.63, 3.8) is 0 Å². The molecule has 58 heavy (non-hydrogen) atoms. The highest BCUT2D eigenvalue weighted by Crippen LogP contribution is 2.40. The minimum absolute atomic E-state index is 0.0147. The second kappa shape index (κ2) is 17.6. The van der Waals surface area contributed by atoms with Crippen molar-refractivity contribution in [1.29, 1.82) is 0 Å². The van der Waals surface area contributed by atoms with Gasteiger partial charge in [0, 0.05) is 29.7 Å². The molecule has 4 aromatic carbocycles. The Morgan fingerprint density at radius 2 is 1.31 bits per heavy atom. The standard InChI is InChI=1S/C40H45IN6O9S2/c1-40(2,3)56-39(48)45-22-21-33(26-45)57(49,50)35-20-19-34(41)36(38-42-44-47(43-38)25-29-11-17-32(55-6)18-12-29)37(35)58(51,52)46(23-27-7-13-30(53-4)14-8-27)24-28-9-15-31(54-5)16-10-28/h7-20,33H,21-26H2,1-6H3/t33-/m0/s1. The summed E-state index contributed by atoms with van der Waals surface area (Å²) in [6.45, 7) is 5.04. The van der Waals surface area contributed by atoms with Crippen molar-refractivity contribution in [3.05, 3.63) is 105 Å². The summed E-state index contributed by atoms with van der Waals surface area (Å²) in [5.41, 5.74) is 1.27. The number of benzene rings is 4. The van der Waals surface area contributed by atoms with Crippen molar-refractivity contribution in [2.24, 2.45) is 0 Å². The number of carbonyl (C=O) groups is 1. The number of hydrogen-bond acceptors (Lipinski definition) is 12. The van der Waals surface area contributed by atoms with Crippen LogP contribution in [-0.2, 0) is 44.2 Å². The fourth-order valence-electron chi connectivity index (χ4n) is 6.41. The van der Waals surface area contributed by atoms with E-state index >= 15 is 8.42 Å². The smallest absolute Gasteiger partial charge is 0.410 e. The topological polar surface area (TPSA) is 172 Å². The van der Waals surface area contributed by atoms with Gasteiger partial charge in [0.05, 0.1) is 43.6 Å². The number of nitrogens with zero attached hydrogens (tertiary/aromatic N) is 6. The van der Waals surface area contributed by atoms with Gasteiger partial charge in [0.2, 0.25) is 15.8 Å². The molecule has 0 saturated carbocycles. The van der Waals surface area contributed by atoms with Crippen LogP contribution < -0.4 is 14.2 Å². The van der Waals surface area contributed by atoms with Crippen LogP contribution in [0.5, 0.6) is 17.2 Å². The van der Waals surface area contributed by atoms with Crippen molar-refractivity contribution in [1.82, 2.24) is 29.4 Å². The van der Waals surface area contributed by atoms with E-state index in [4.69, 9.17) is 18.9 Å². The minimum Gasteiger partial charge on any atom is -0.497 e. The molecule has 1 aromatic heterocycles. The van der Waals surface area contributed by atoms with Gasteiger partial charge in [-0.15, -0.1) is 10.2 Å². The van der Waals surface area contributed by atoms with Gasteiger partial charge in [0.15, 0.2) is 9.84 Å². The van der Waals surface area contributed by atoms with E-state index in [-0.39, 0.29) is 50.5 Å². The monoisotopic (exact) mass is 944 g/mol. The summed E-state index contributed by atoms with van der Waals surface area (Å²) in [6.07, 6.45) is -0.579. The summed E-state index contributed by atoms with van der Waals surface area (Å²) in [6, 6.07) is 24.0. The third kappa shape index (κ3) is 9.73. The van der Waals surface area contributed by atoms with Crippen molar-refractivity contribution >= 4 is 48.5 Å². The molecule has 1 saturated heterocycles. The highest BCUT2D eigenvalue weighted by molar-refractivity contribution is 14.1. The molecule has 18 heteroatoms. The summed E-state index contributed by atoms with van der Waals surface area (Å²) in [7, 11) is -4.53. The molecule has 5 aromatic rings. The average Bonchev–Trinajstić information content (AvgIpc) is 3.89. The Morgan fingerprint density at radius 1 is 0.793 bits per heavy atom. The molecule has 6 rings (SSSR count). The van der Waals surface area contributed by atoms with Gasteiger partial charge in [0.1, 0.15) is 27.7 Å². The van der Waals surface area contributed by atoms with Crippen LogP contribution in [0.3, 0.4) is 0 Å². The van der Waals surface area contributed by atoms with E-state index < -0.39 is 46.6 Å². The van der Waals surface area contributed by atoms with Gasteiger partial charge in [-0.3, -0.25) is 0 Å². The van der Waals surface area contributed by atoms with E-state index in [0.29, 0.717) is 31.9 Å². The van der Waals surface area contributed by atoms with E-state index in [2.05, 4.69) is 15.4 Å². The van der Waals surface area contributed by atoms with Gasteiger partial charge >= 0.3 is 6.09 Å². The Hall–Kier alpha value is -4.79. The largest absolute Gasteiger partial charge is 0.497 e. The maximum Gasteiger partial charge on any atom is 0.410 e. The lowest BCUT2D eigenvalue weighted by atomic mass is 10.2. The van der Waals surface area contributed by atoms with Gasteiger partial charge in [-0.05, 0) is 120 Å². The van der Waals surface area contributed by atoms with E-state index in [9.17, 15) is 13.2 Å². The van der Waals surface area contributed by atoms with Crippen LogP contribution in [0.15, 0.2) is 94.7 Å². The first-order valence-corrected chi connectivity index (χ1v) is 22.3. The van der Waals surface area contributed by atoms with Crippen LogP contribution in [-0.4, -0.2) is 97.6 Å². The molecule has 1 amide bonds. The zero-order valence-corrected chi connectivity index (χ0v) is 36.7. The average molecular weight is 945 g/mol. The summed E-state index contributed by atoms with van der Waals surface area (Å²) in [5.74, 6) is 1.76. The number of rotatable bonds is 14. The molecule has 0 N–H and O–H groups in total. The van der Waals surface area contributed by atoms with Gasteiger partial charge in [-0.2, -0.15) is 9.10 Å². The molecule has 0 unspecified atom stereocenters. The predicted molar refractivity (Wildman–Crippen MR) is 224 cm³/mol. The highest BCUT2D eigenvalue weighted by Gasteiger charge is 2.43. The van der Waals surface area contributed by atoms with Crippen LogP contribution >= 0.6 is 22.6 Å². The SMILES string of the molecule is COc1ccc(CN(Cc2ccc(OC)cc2)S(=O)(=O)c2c(S(=O)(=O)[C@H]3CCN(C(=O)OC(C)(C)C)C3)ccc(I)c2-c2nnn(Cc3ccc(OC)cc3)n2)cc1. The molecular weight excluding hydrogens is 900 g/mol. The van der Waals surface area contributed by atoms with Gasteiger partial charge in [-0.25, -0.2) is 21.6 Å². The lowest BCUT2D eigenvalue weighted by molar-refractivity contribution is 0.0295. The van der Waals surface area contributed by atoms with Crippen molar-refractivity contribution < 1.29 is 40.6 Å².